The van der Waals surface area contributed by atoms with E-state index < -0.39 is 0 Å². The number of methoxy groups -OCH3 is 2. The molecule has 0 aromatic heterocycles. The first kappa shape index (κ1) is 18.1. The predicted molar refractivity (Wildman–Crippen MR) is 95.7 cm³/mol. The molecule has 0 fully saturated rings. The lowest BCUT2D eigenvalue weighted by atomic mass is 10.1. The molecular formula is C18H20BrNO4. The zero-order valence-corrected chi connectivity index (χ0v) is 15.4. The maximum atomic E-state index is 12.0. The van der Waals surface area contributed by atoms with E-state index in [0.717, 1.165) is 21.5 Å². The molecule has 0 unspecified atom stereocenters. The first-order chi connectivity index (χ1) is 11.5. The number of hydrogen-bond donors (Lipinski definition) is 1. The Bertz CT molecular complexity index is 688. The summed E-state index contributed by atoms with van der Waals surface area (Å²) in [5.74, 6) is 1.92. The summed E-state index contributed by atoms with van der Waals surface area (Å²) in [5.41, 5.74) is 0.973. The molecule has 2 rings (SSSR count). The minimum absolute atomic E-state index is 0.0476. The fraction of sp³-hybridized carbons (Fsp3) is 0.278. The molecule has 0 saturated heterocycles. The van der Waals surface area contributed by atoms with E-state index in [2.05, 4.69) is 21.2 Å². The number of carbonyl (C=O) groups is 1. The summed E-state index contributed by atoms with van der Waals surface area (Å²) < 4.78 is 16.6. The summed E-state index contributed by atoms with van der Waals surface area (Å²) in [7, 11) is 3.21. The number of rotatable bonds is 7. The highest BCUT2D eigenvalue weighted by Gasteiger charge is 2.12. The SMILES string of the molecule is COc1ccc(OCC(=O)N[C@H](C)c2ccc(OC)c(Br)c2)cc1. The molecule has 2 aromatic rings. The summed E-state index contributed by atoms with van der Waals surface area (Å²) in [6, 6.07) is 12.6. The van der Waals surface area contributed by atoms with Crippen molar-refractivity contribution in [1.82, 2.24) is 5.32 Å². The highest BCUT2D eigenvalue weighted by Crippen LogP contribution is 2.28. The van der Waals surface area contributed by atoms with Crippen LogP contribution in [0.1, 0.15) is 18.5 Å². The van der Waals surface area contributed by atoms with E-state index in [4.69, 9.17) is 14.2 Å². The average molecular weight is 394 g/mol. The van der Waals surface area contributed by atoms with E-state index in [9.17, 15) is 4.79 Å². The summed E-state index contributed by atoms with van der Waals surface area (Å²) in [4.78, 5) is 12.0. The Balaban J connectivity index is 1.87. The van der Waals surface area contributed by atoms with Gasteiger partial charge in [-0.25, -0.2) is 0 Å². The van der Waals surface area contributed by atoms with Gasteiger partial charge in [0.25, 0.3) is 5.91 Å². The molecule has 5 nitrogen and oxygen atoms in total. The molecule has 0 aliphatic heterocycles. The Morgan fingerprint density at radius 3 is 2.33 bits per heavy atom. The van der Waals surface area contributed by atoms with Gasteiger partial charge in [0.05, 0.1) is 24.7 Å². The van der Waals surface area contributed by atoms with Gasteiger partial charge in [-0.2, -0.15) is 0 Å². The molecular weight excluding hydrogens is 374 g/mol. The lowest BCUT2D eigenvalue weighted by Crippen LogP contribution is -2.31. The van der Waals surface area contributed by atoms with Crippen LogP contribution in [0.3, 0.4) is 0 Å². The molecule has 0 aliphatic carbocycles. The van der Waals surface area contributed by atoms with Crippen LogP contribution in [-0.2, 0) is 4.79 Å². The maximum Gasteiger partial charge on any atom is 0.258 e. The van der Waals surface area contributed by atoms with Crippen molar-refractivity contribution >= 4 is 21.8 Å². The number of ether oxygens (including phenoxy) is 3. The summed E-state index contributed by atoms with van der Waals surface area (Å²) in [6.07, 6.45) is 0. The highest BCUT2D eigenvalue weighted by molar-refractivity contribution is 9.10. The van der Waals surface area contributed by atoms with Gasteiger partial charge in [-0.15, -0.1) is 0 Å². The third kappa shape index (κ3) is 4.89. The number of nitrogens with one attached hydrogen (secondary N) is 1. The van der Waals surface area contributed by atoms with Crippen LogP contribution in [-0.4, -0.2) is 26.7 Å². The molecule has 0 heterocycles. The third-order valence-electron chi connectivity index (χ3n) is 3.48. The quantitative estimate of drug-likeness (QED) is 0.778. The van der Waals surface area contributed by atoms with Gasteiger partial charge in [-0.1, -0.05) is 6.07 Å². The second kappa shape index (κ2) is 8.59. The van der Waals surface area contributed by atoms with Crippen LogP contribution in [0.15, 0.2) is 46.9 Å². The van der Waals surface area contributed by atoms with Crippen molar-refractivity contribution in [3.8, 4) is 17.2 Å². The van der Waals surface area contributed by atoms with E-state index in [-0.39, 0.29) is 18.6 Å². The standard InChI is InChI=1S/C18H20BrNO4/c1-12(13-4-9-17(23-3)16(19)10-13)20-18(21)11-24-15-7-5-14(22-2)6-8-15/h4-10,12H,11H2,1-3H3,(H,20,21)/t12-/m1/s1. The average Bonchev–Trinajstić information content (AvgIpc) is 2.60. The molecule has 0 bridgehead atoms. The van der Waals surface area contributed by atoms with Gasteiger partial charge < -0.3 is 19.5 Å². The fourth-order valence-corrected chi connectivity index (χ4v) is 2.70. The number of amides is 1. The molecule has 1 amide bonds. The molecule has 24 heavy (non-hydrogen) atoms. The van der Waals surface area contributed by atoms with Gasteiger partial charge >= 0.3 is 0 Å². The van der Waals surface area contributed by atoms with Crippen molar-refractivity contribution in [2.75, 3.05) is 20.8 Å². The van der Waals surface area contributed by atoms with Crippen molar-refractivity contribution in [3.63, 3.8) is 0 Å². The molecule has 1 atom stereocenters. The van der Waals surface area contributed by atoms with E-state index in [1.54, 1.807) is 38.5 Å². The predicted octanol–water partition coefficient (Wildman–Crippen LogP) is 3.72. The van der Waals surface area contributed by atoms with Gasteiger partial charge in [0, 0.05) is 0 Å². The minimum atomic E-state index is -0.190. The Hall–Kier alpha value is -2.21. The lowest BCUT2D eigenvalue weighted by Gasteiger charge is -2.16. The maximum absolute atomic E-state index is 12.0. The van der Waals surface area contributed by atoms with Crippen LogP contribution in [0.4, 0.5) is 0 Å². The molecule has 128 valence electrons. The summed E-state index contributed by atoms with van der Waals surface area (Å²) in [6.45, 7) is 1.87. The number of hydrogen-bond acceptors (Lipinski definition) is 4. The molecule has 1 N–H and O–H groups in total. The van der Waals surface area contributed by atoms with Crippen molar-refractivity contribution in [3.05, 3.63) is 52.5 Å². The van der Waals surface area contributed by atoms with Gasteiger partial charge in [0.2, 0.25) is 0 Å². The van der Waals surface area contributed by atoms with Crippen molar-refractivity contribution in [2.45, 2.75) is 13.0 Å². The first-order valence-electron chi connectivity index (χ1n) is 7.43. The van der Waals surface area contributed by atoms with E-state index >= 15 is 0 Å². The molecule has 2 aromatic carbocycles. The van der Waals surface area contributed by atoms with Crippen LogP contribution in [0, 0.1) is 0 Å². The zero-order valence-electron chi connectivity index (χ0n) is 13.8. The number of halogens is 1. The van der Waals surface area contributed by atoms with Gasteiger partial charge in [0.1, 0.15) is 17.2 Å². The Labute approximate surface area is 150 Å². The second-order valence-corrected chi connectivity index (χ2v) is 6.00. The second-order valence-electron chi connectivity index (χ2n) is 5.15. The molecule has 0 radical (unpaired) electrons. The summed E-state index contributed by atoms with van der Waals surface area (Å²) >= 11 is 3.44. The van der Waals surface area contributed by atoms with E-state index in [0.29, 0.717) is 5.75 Å². The van der Waals surface area contributed by atoms with Crippen LogP contribution in [0.25, 0.3) is 0 Å². The van der Waals surface area contributed by atoms with Gasteiger partial charge in [-0.05, 0) is 64.8 Å². The van der Waals surface area contributed by atoms with E-state index in [1.807, 2.05) is 25.1 Å². The van der Waals surface area contributed by atoms with Gasteiger partial charge in [0.15, 0.2) is 6.61 Å². The molecule has 6 heteroatoms. The van der Waals surface area contributed by atoms with Crippen molar-refractivity contribution in [1.29, 1.82) is 0 Å². The Morgan fingerprint density at radius 2 is 1.75 bits per heavy atom. The van der Waals surface area contributed by atoms with Crippen molar-refractivity contribution in [2.24, 2.45) is 0 Å². The first-order valence-corrected chi connectivity index (χ1v) is 8.22. The van der Waals surface area contributed by atoms with Crippen LogP contribution in [0.2, 0.25) is 0 Å². The normalized spacial score (nSPS) is 11.5. The largest absolute Gasteiger partial charge is 0.497 e. The molecule has 0 spiro atoms. The van der Waals surface area contributed by atoms with Gasteiger partial charge in [-0.3, -0.25) is 4.79 Å². The number of benzene rings is 2. The Kier molecular flexibility index (Phi) is 6.49. The molecule has 0 aliphatic rings. The number of carbonyl (C=O) groups excluding carboxylic acids is 1. The van der Waals surface area contributed by atoms with Crippen molar-refractivity contribution < 1.29 is 19.0 Å². The highest BCUT2D eigenvalue weighted by atomic mass is 79.9. The lowest BCUT2D eigenvalue weighted by molar-refractivity contribution is -0.123. The zero-order chi connectivity index (χ0) is 17.5. The topological polar surface area (TPSA) is 56.8 Å². The third-order valence-corrected chi connectivity index (χ3v) is 4.10. The Morgan fingerprint density at radius 1 is 1.08 bits per heavy atom. The monoisotopic (exact) mass is 393 g/mol. The smallest absolute Gasteiger partial charge is 0.258 e. The van der Waals surface area contributed by atoms with Crippen LogP contribution < -0.4 is 19.5 Å². The van der Waals surface area contributed by atoms with Crippen LogP contribution >= 0.6 is 15.9 Å². The van der Waals surface area contributed by atoms with Crippen LogP contribution in [0.5, 0.6) is 17.2 Å². The summed E-state index contributed by atoms with van der Waals surface area (Å²) in [5, 5.41) is 2.90. The minimum Gasteiger partial charge on any atom is -0.497 e. The fourth-order valence-electron chi connectivity index (χ4n) is 2.14. The molecule has 0 saturated carbocycles. The van der Waals surface area contributed by atoms with E-state index in [1.165, 1.54) is 0 Å².